The average Bonchev–Trinajstić information content (AvgIpc) is 2.67. The molecule has 30 heavy (non-hydrogen) atoms. The topological polar surface area (TPSA) is 178 Å². The Morgan fingerprint density at radius 2 is 1.90 bits per heavy atom. The maximum atomic E-state index is 12.5. The first-order valence-corrected chi connectivity index (χ1v) is 9.59. The molecule has 0 heterocycles. The van der Waals surface area contributed by atoms with E-state index in [0.717, 1.165) is 19.1 Å². The van der Waals surface area contributed by atoms with Crippen molar-refractivity contribution >= 4 is 38.9 Å². The highest BCUT2D eigenvalue weighted by atomic mass is 32.2. The number of benzene rings is 2. The number of azo groups is 1. The molecule has 0 bridgehead atoms. The molecule has 2 N–H and O–H groups in total. The van der Waals surface area contributed by atoms with Gasteiger partial charge in [-0.1, -0.05) is 12.1 Å². The van der Waals surface area contributed by atoms with Crippen molar-refractivity contribution in [3.05, 3.63) is 52.6 Å². The summed E-state index contributed by atoms with van der Waals surface area (Å²) in [5, 5.41) is 20.7. The normalized spacial score (nSPS) is 12.4. The number of nitro benzene ring substituents is 1. The number of nitrogens with zero attached hydrogens (tertiary/aromatic N) is 3. The predicted octanol–water partition coefficient (Wildman–Crippen LogP) is 2.53. The summed E-state index contributed by atoms with van der Waals surface area (Å²) in [6.07, 6.45) is 0. The van der Waals surface area contributed by atoms with Gasteiger partial charge in [0.2, 0.25) is 6.04 Å². The Bertz CT molecular complexity index is 1130. The van der Waals surface area contributed by atoms with Crippen molar-refractivity contribution in [3.63, 3.8) is 0 Å². The largest absolute Gasteiger partial charge is 0.495 e. The van der Waals surface area contributed by atoms with Crippen molar-refractivity contribution in [3.8, 4) is 5.75 Å². The van der Waals surface area contributed by atoms with Crippen LogP contribution in [0.15, 0.2) is 57.6 Å². The Morgan fingerprint density at radius 1 is 1.23 bits per heavy atom. The van der Waals surface area contributed by atoms with E-state index in [0.29, 0.717) is 11.8 Å². The highest BCUT2D eigenvalue weighted by molar-refractivity contribution is 7.85. The Balaban J connectivity index is 2.40. The summed E-state index contributed by atoms with van der Waals surface area (Å²) in [6.45, 7) is 1.06. The monoisotopic (exact) mass is 436 g/mol. The fourth-order valence-corrected chi connectivity index (χ4v) is 2.79. The Hall–Kier alpha value is -3.71. The Morgan fingerprint density at radius 3 is 2.47 bits per heavy atom. The molecule has 2 aromatic carbocycles. The zero-order valence-electron chi connectivity index (χ0n) is 15.7. The molecule has 1 unspecified atom stereocenters. The number of hydrogen-bond acceptors (Lipinski definition) is 9. The number of amides is 1. The molecular weight excluding hydrogens is 420 g/mol. The number of nitro groups is 1. The first kappa shape index (κ1) is 22.6. The summed E-state index contributed by atoms with van der Waals surface area (Å²) in [6, 6.07) is 7.01. The second-order valence-corrected chi connectivity index (χ2v) is 7.22. The third kappa shape index (κ3) is 5.42. The molecule has 1 atom stereocenters. The number of methoxy groups -OCH3 is 1. The highest BCUT2D eigenvalue weighted by Gasteiger charge is 2.25. The van der Waals surface area contributed by atoms with Gasteiger partial charge in [0.15, 0.2) is 11.5 Å². The molecule has 0 spiro atoms. The average molecular weight is 436 g/mol. The van der Waals surface area contributed by atoms with Crippen LogP contribution >= 0.6 is 0 Å². The van der Waals surface area contributed by atoms with Crippen LogP contribution in [-0.2, 0) is 19.7 Å². The SMILES string of the molecule is COc1ccccc1NC(=O)C(/N=N/c1cc(S(=O)(=O)O)ccc1[N+](=O)[O-])C(C)=O. The van der Waals surface area contributed by atoms with E-state index in [2.05, 4.69) is 15.5 Å². The van der Waals surface area contributed by atoms with Crippen LogP contribution in [0.25, 0.3) is 0 Å². The summed E-state index contributed by atoms with van der Waals surface area (Å²) < 4.78 is 36.7. The molecule has 12 nitrogen and oxygen atoms in total. The lowest BCUT2D eigenvalue weighted by atomic mass is 10.2. The second-order valence-electron chi connectivity index (χ2n) is 5.80. The van der Waals surface area contributed by atoms with Crippen molar-refractivity contribution in [2.75, 3.05) is 12.4 Å². The number of carbonyl (C=O) groups excluding carboxylic acids is 2. The van der Waals surface area contributed by atoms with Crippen molar-refractivity contribution < 1.29 is 32.2 Å². The quantitative estimate of drug-likeness (QED) is 0.208. The maximum Gasteiger partial charge on any atom is 0.296 e. The van der Waals surface area contributed by atoms with Crippen LogP contribution in [0, 0.1) is 10.1 Å². The minimum atomic E-state index is -4.67. The van der Waals surface area contributed by atoms with Crippen LogP contribution in [0.3, 0.4) is 0 Å². The predicted molar refractivity (Wildman–Crippen MR) is 104 cm³/mol. The smallest absolute Gasteiger partial charge is 0.296 e. The van der Waals surface area contributed by atoms with Gasteiger partial charge >= 0.3 is 0 Å². The number of carbonyl (C=O) groups is 2. The van der Waals surface area contributed by atoms with Crippen molar-refractivity contribution in [2.45, 2.75) is 17.9 Å². The number of hydrogen-bond donors (Lipinski definition) is 2. The molecule has 1 amide bonds. The zero-order valence-corrected chi connectivity index (χ0v) is 16.5. The lowest BCUT2D eigenvalue weighted by molar-refractivity contribution is -0.384. The van der Waals surface area contributed by atoms with E-state index in [1.165, 1.54) is 13.2 Å². The summed E-state index contributed by atoms with van der Waals surface area (Å²) >= 11 is 0. The number of anilines is 1. The van der Waals surface area contributed by atoms with Gasteiger partial charge in [-0.25, -0.2) is 0 Å². The molecule has 0 aliphatic heterocycles. The van der Waals surface area contributed by atoms with E-state index in [1.807, 2.05) is 0 Å². The molecule has 0 radical (unpaired) electrons. The minimum Gasteiger partial charge on any atom is -0.495 e. The highest BCUT2D eigenvalue weighted by Crippen LogP contribution is 2.31. The minimum absolute atomic E-state index is 0.255. The van der Waals surface area contributed by atoms with Gasteiger partial charge in [0, 0.05) is 6.07 Å². The number of ether oxygens (including phenoxy) is 1. The van der Waals surface area contributed by atoms with Gasteiger partial charge in [-0.05, 0) is 31.2 Å². The summed E-state index contributed by atoms with van der Waals surface area (Å²) in [7, 11) is -3.29. The lowest BCUT2D eigenvalue weighted by Gasteiger charge is -2.12. The van der Waals surface area contributed by atoms with E-state index in [4.69, 9.17) is 9.29 Å². The standard InChI is InChI=1S/C17H16N4O8S/c1-10(22)16(17(23)18-12-5-3-4-6-15(12)29-2)20-19-13-9-11(30(26,27)28)7-8-14(13)21(24)25/h3-9,16H,1-2H3,(H,18,23)(H,26,27,28)/b20-19+. The lowest BCUT2D eigenvalue weighted by Crippen LogP contribution is -2.31. The molecule has 158 valence electrons. The molecule has 2 aromatic rings. The Kier molecular flexibility index (Phi) is 6.92. The van der Waals surface area contributed by atoms with E-state index < -0.39 is 49.0 Å². The zero-order chi connectivity index (χ0) is 22.5. The van der Waals surface area contributed by atoms with Crippen LogP contribution in [0.2, 0.25) is 0 Å². The second kappa shape index (κ2) is 9.19. The number of rotatable bonds is 8. The van der Waals surface area contributed by atoms with Crippen LogP contribution in [0.5, 0.6) is 5.75 Å². The van der Waals surface area contributed by atoms with Crippen LogP contribution in [-0.4, -0.2) is 42.7 Å². The molecular formula is C17H16N4O8S. The Labute approximate surface area is 170 Å². The number of ketones is 1. The van der Waals surface area contributed by atoms with Crippen molar-refractivity contribution in [2.24, 2.45) is 10.2 Å². The van der Waals surface area contributed by atoms with E-state index >= 15 is 0 Å². The van der Waals surface area contributed by atoms with Gasteiger partial charge in [-0.15, -0.1) is 5.11 Å². The molecule has 0 saturated heterocycles. The molecule has 0 aliphatic rings. The third-order valence-electron chi connectivity index (χ3n) is 3.72. The van der Waals surface area contributed by atoms with Gasteiger partial charge in [-0.3, -0.25) is 24.3 Å². The van der Waals surface area contributed by atoms with Gasteiger partial charge in [0.05, 0.1) is 22.6 Å². The van der Waals surface area contributed by atoms with Crippen molar-refractivity contribution in [1.29, 1.82) is 0 Å². The molecule has 2 rings (SSSR count). The number of Topliss-reactive ketones (excluding diaryl/α,β-unsaturated/α-hetero) is 1. The summed E-state index contributed by atoms with van der Waals surface area (Å²) in [4.78, 5) is 34.0. The number of para-hydroxylation sites is 2. The summed E-state index contributed by atoms with van der Waals surface area (Å²) in [5.41, 5.74) is -0.948. The van der Waals surface area contributed by atoms with Gasteiger partial charge in [0.1, 0.15) is 5.75 Å². The van der Waals surface area contributed by atoms with Crippen LogP contribution in [0.4, 0.5) is 17.1 Å². The fraction of sp³-hybridized carbons (Fsp3) is 0.176. The first-order chi connectivity index (χ1) is 14.0. The first-order valence-electron chi connectivity index (χ1n) is 8.15. The maximum absolute atomic E-state index is 12.5. The third-order valence-corrected chi connectivity index (χ3v) is 4.57. The van der Waals surface area contributed by atoms with Crippen molar-refractivity contribution in [1.82, 2.24) is 0 Å². The molecule has 13 heteroatoms. The molecule has 0 aliphatic carbocycles. The van der Waals surface area contributed by atoms with Crippen LogP contribution < -0.4 is 10.1 Å². The van der Waals surface area contributed by atoms with Gasteiger partial charge in [0.25, 0.3) is 21.7 Å². The van der Waals surface area contributed by atoms with Crippen LogP contribution in [0.1, 0.15) is 6.92 Å². The van der Waals surface area contributed by atoms with E-state index in [9.17, 15) is 28.1 Å². The number of nitrogens with one attached hydrogen (secondary N) is 1. The van der Waals surface area contributed by atoms with Gasteiger partial charge in [-0.2, -0.15) is 13.5 Å². The van der Waals surface area contributed by atoms with E-state index in [1.54, 1.807) is 18.2 Å². The van der Waals surface area contributed by atoms with E-state index in [-0.39, 0.29) is 5.69 Å². The molecule has 0 saturated carbocycles. The van der Waals surface area contributed by atoms with Gasteiger partial charge < -0.3 is 10.1 Å². The molecule has 0 aromatic heterocycles. The molecule has 0 fully saturated rings. The fourth-order valence-electron chi connectivity index (χ4n) is 2.29. The summed E-state index contributed by atoms with van der Waals surface area (Å²) in [5.74, 6) is -1.29.